The van der Waals surface area contributed by atoms with Crippen LogP contribution in [0.4, 0.5) is 4.79 Å². The lowest BCUT2D eigenvalue weighted by atomic mass is 10.1. The second-order valence-electron chi connectivity index (χ2n) is 5.09. The van der Waals surface area contributed by atoms with Gasteiger partial charge in [0.25, 0.3) is 0 Å². The Bertz CT molecular complexity index is 706. The minimum atomic E-state index is -0.328. The lowest BCUT2D eigenvalue weighted by molar-refractivity contribution is 0.109. The smallest absolute Gasteiger partial charge is 0.414 e. The van der Waals surface area contributed by atoms with Crippen LogP contribution in [0.15, 0.2) is 29.9 Å². The van der Waals surface area contributed by atoms with E-state index < -0.39 is 0 Å². The van der Waals surface area contributed by atoms with E-state index in [1.165, 1.54) is 5.56 Å². The molecular weight excluding hydrogens is 284 g/mol. The first-order chi connectivity index (χ1) is 10.1. The van der Waals surface area contributed by atoms with Crippen LogP contribution in [0.3, 0.4) is 0 Å². The number of rotatable bonds is 2. The molecule has 0 bridgehead atoms. The van der Waals surface area contributed by atoms with Crippen LogP contribution in [-0.4, -0.2) is 16.0 Å². The molecule has 1 aromatic carbocycles. The number of amides is 1. The fourth-order valence-electron chi connectivity index (χ4n) is 2.26. The Morgan fingerprint density at radius 1 is 1.43 bits per heavy atom. The van der Waals surface area contributed by atoms with Gasteiger partial charge < -0.3 is 4.74 Å². The fourth-order valence-corrected chi connectivity index (χ4v) is 3.01. The molecule has 1 aliphatic rings. The van der Waals surface area contributed by atoms with Crippen molar-refractivity contribution in [1.29, 1.82) is 0 Å². The van der Waals surface area contributed by atoms with Gasteiger partial charge in [-0.05, 0) is 31.1 Å². The van der Waals surface area contributed by atoms with Gasteiger partial charge in [0, 0.05) is 6.20 Å². The molecular formula is C16H16N2O2S. The quantitative estimate of drug-likeness (QED) is 0.845. The number of fused-ring (bicyclic) bond motifs is 1. The molecule has 2 aromatic rings. The SMILES string of the molecule is Cc1ccc(COC(=O)N2C=Cc3ncsc3C2)c(C)c1. The molecule has 1 amide bonds. The molecule has 0 N–H and O–H groups in total. The highest BCUT2D eigenvalue weighted by atomic mass is 32.1. The summed E-state index contributed by atoms with van der Waals surface area (Å²) >= 11 is 1.55. The van der Waals surface area contributed by atoms with E-state index in [0.29, 0.717) is 13.2 Å². The van der Waals surface area contributed by atoms with Crippen molar-refractivity contribution in [2.24, 2.45) is 0 Å². The van der Waals surface area contributed by atoms with Gasteiger partial charge in [0.1, 0.15) is 6.61 Å². The summed E-state index contributed by atoms with van der Waals surface area (Å²) in [5.41, 5.74) is 6.12. The maximum absolute atomic E-state index is 12.1. The normalized spacial score (nSPS) is 13.1. The van der Waals surface area contributed by atoms with Gasteiger partial charge in [-0.1, -0.05) is 23.8 Å². The maximum atomic E-state index is 12.1. The van der Waals surface area contributed by atoms with Gasteiger partial charge in [0.15, 0.2) is 0 Å². The van der Waals surface area contributed by atoms with Crippen LogP contribution in [0.25, 0.3) is 6.08 Å². The zero-order valence-electron chi connectivity index (χ0n) is 12.0. The summed E-state index contributed by atoms with van der Waals surface area (Å²) in [6.45, 7) is 4.90. The van der Waals surface area contributed by atoms with Gasteiger partial charge in [-0.25, -0.2) is 9.78 Å². The Hall–Kier alpha value is -2.14. The Labute approximate surface area is 127 Å². The largest absolute Gasteiger partial charge is 0.444 e. The summed E-state index contributed by atoms with van der Waals surface area (Å²) in [4.78, 5) is 19.0. The number of carbonyl (C=O) groups is 1. The first kappa shape index (κ1) is 13.8. The molecule has 0 radical (unpaired) electrons. The first-order valence-electron chi connectivity index (χ1n) is 6.73. The summed E-state index contributed by atoms with van der Waals surface area (Å²) in [6, 6.07) is 6.12. The third-order valence-corrected chi connectivity index (χ3v) is 4.32. The number of carbonyl (C=O) groups excluding carboxylic acids is 1. The Morgan fingerprint density at radius 2 is 2.29 bits per heavy atom. The number of hydrogen-bond donors (Lipinski definition) is 0. The van der Waals surface area contributed by atoms with Gasteiger partial charge in [-0.2, -0.15) is 0 Å². The molecule has 0 aliphatic carbocycles. The molecule has 0 unspecified atom stereocenters. The topological polar surface area (TPSA) is 42.4 Å². The van der Waals surface area contributed by atoms with Gasteiger partial charge in [-0.15, -0.1) is 11.3 Å². The van der Waals surface area contributed by atoms with Crippen LogP contribution in [0.5, 0.6) is 0 Å². The number of aromatic nitrogens is 1. The molecule has 108 valence electrons. The van der Waals surface area contributed by atoms with Crippen LogP contribution in [-0.2, 0) is 17.9 Å². The van der Waals surface area contributed by atoms with E-state index in [0.717, 1.165) is 21.7 Å². The van der Waals surface area contributed by atoms with Crippen LogP contribution in [0.1, 0.15) is 27.3 Å². The second-order valence-corrected chi connectivity index (χ2v) is 6.03. The van der Waals surface area contributed by atoms with E-state index in [2.05, 4.69) is 11.1 Å². The van der Waals surface area contributed by atoms with Crippen LogP contribution >= 0.6 is 11.3 Å². The van der Waals surface area contributed by atoms with Gasteiger partial charge in [-0.3, -0.25) is 4.90 Å². The predicted molar refractivity (Wildman–Crippen MR) is 82.8 cm³/mol. The molecule has 1 aliphatic heterocycles. The molecule has 21 heavy (non-hydrogen) atoms. The minimum absolute atomic E-state index is 0.296. The number of nitrogens with zero attached hydrogens (tertiary/aromatic N) is 2. The van der Waals surface area contributed by atoms with Crippen LogP contribution in [0, 0.1) is 13.8 Å². The van der Waals surface area contributed by atoms with E-state index >= 15 is 0 Å². The summed E-state index contributed by atoms with van der Waals surface area (Å²) in [6.07, 6.45) is 3.24. The molecule has 2 heterocycles. The van der Waals surface area contributed by atoms with E-state index in [1.807, 2.05) is 32.1 Å². The zero-order valence-corrected chi connectivity index (χ0v) is 12.8. The van der Waals surface area contributed by atoms with E-state index in [9.17, 15) is 4.79 Å². The van der Waals surface area contributed by atoms with Gasteiger partial charge in [0.05, 0.1) is 22.6 Å². The molecule has 4 nitrogen and oxygen atoms in total. The van der Waals surface area contributed by atoms with Crippen LogP contribution in [0.2, 0.25) is 0 Å². The van der Waals surface area contributed by atoms with Crippen molar-refractivity contribution in [2.45, 2.75) is 27.0 Å². The highest BCUT2D eigenvalue weighted by molar-refractivity contribution is 7.09. The minimum Gasteiger partial charge on any atom is -0.444 e. The fraction of sp³-hybridized carbons (Fsp3) is 0.250. The summed E-state index contributed by atoms with van der Waals surface area (Å²) in [7, 11) is 0. The molecule has 0 spiro atoms. The highest BCUT2D eigenvalue weighted by Gasteiger charge is 2.19. The first-order valence-corrected chi connectivity index (χ1v) is 7.61. The Kier molecular flexibility index (Phi) is 3.75. The van der Waals surface area contributed by atoms with Crippen molar-refractivity contribution in [3.05, 3.63) is 57.2 Å². The van der Waals surface area contributed by atoms with Gasteiger partial charge in [0.2, 0.25) is 0 Å². The number of benzene rings is 1. The monoisotopic (exact) mass is 300 g/mol. The van der Waals surface area contributed by atoms with Crippen molar-refractivity contribution in [3.8, 4) is 0 Å². The highest BCUT2D eigenvalue weighted by Crippen LogP contribution is 2.23. The van der Waals surface area contributed by atoms with Crippen molar-refractivity contribution in [2.75, 3.05) is 0 Å². The van der Waals surface area contributed by atoms with E-state index in [4.69, 9.17) is 4.74 Å². The van der Waals surface area contributed by atoms with Crippen molar-refractivity contribution in [3.63, 3.8) is 0 Å². The molecule has 5 heteroatoms. The number of hydrogen-bond acceptors (Lipinski definition) is 4. The lowest BCUT2D eigenvalue weighted by Gasteiger charge is -2.20. The van der Waals surface area contributed by atoms with E-state index in [-0.39, 0.29) is 6.09 Å². The molecule has 3 rings (SSSR count). The maximum Gasteiger partial charge on any atom is 0.414 e. The molecule has 0 atom stereocenters. The average molecular weight is 300 g/mol. The summed E-state index contributed by atoms with van der Waals surface area (Å²) < 4.78 is 5.40. The standard InChI is InChI=1S/C16H16N2O2S/c1-11-3-4-13(12(2)7-11)9-20-16(19)18-6-5-14-15(8-18)21-10-17-14/h3-7,10H,8-9H2,1-2H3. The second kappa shape index (κ2) is 5.69. The molecule has 0 saturated heterocycles. The third-order valence-electron chi connectivity index (χ3n) is 3.48. The number of ether oxygens (including phenoxy) is 1. The molecule has 0 fully saturated rings. The predicted octanol–water partition coefficient (Wildman–Crippen LogP) is 3.88. The third kappa shape index (κ3) is 2.97. The van der Waals surface area contributed by atoms with E-state index in [1.54, 1.807) is 27.9 Å². The summed E-state index contributed by atoms with van der Waals surface area (Å²) in [5.74, 6) is 0. The summed E-state index contributed by atoms with van der Waals surface area (Å²) in [5, 5.41) is 0. The van der Waals surface area contributed by atoms with Crippen LogP contribution < -0.4 is 0 Å². The lowest BCUT2D eigenvalue weighted by Crippen LogP contribution is -2.27. The molecule has 0 saturated carbocycles. The average Bonchev–Trinajstić information content (AvgIpc) is 2.93. The number of aryl methyl sites for hydroxylation is 2. The Balaban J connectivity index is 1.62. The van der Waals surface area contributed by atoms with Crippen molar-refractivity contribution in [1.82, 2.24) is 9.88 Å². The van der Waals surface area contributed by atoms with Gasteiger partial charge >= 0.3 is 6.09 Å². The van der Waals surface area contributed by atoms with Crippen molar-refractivity contribution < 1.29 is 9.53 Å². The zero-order chi connectivity index (χ0) is 14.8. The number of thiazole rings is 1. The Morgan fingerprint density at radius 3 is 3.10 bits per heavy atom. The van der Waals surface area contributed by atoms with Crippen molar-refractivity contribution >= 4 is 23.5 Å². The molecule has 1 aromatic heterocycles.